The summed E-state index contributed by atoms with van der Waals surface area (Å²) in [6.07, 6.45) is 4.47. The van der Waals surface area contributed by atoms with Gasteiger partial charge >= 0.3 is 0 Å². The minimum atomic E-state index is -0.902. The van der Waals surface area contributed by atoms with Crippen LogP contribution in [0.4, 0.5) is 5.69 Å². The number of methoxy groups -OCH3 is 1. The van der Waals surface area contributed by atoms with Gasteiger partial charge in [-0.15, -0.1) is 6.42 Å². The molecule has 3 rings (SSSR count). The van der Waals surface area contributed by atoms with Gasteiger partial charge in [0.05, 0.1) is 20.3 Å². The fourth-order valence-corrected chi connectivity index (χ4v) is 2.90. The Balaban J connectivity index is 2.05. The van der Waals surface area contributed by atoms with Crippen LogP contribution in [-0.4, -0.2) is 38.5 Å². The summed E-state index contributed by atoms with van der Waals surface area (Å²) in [6.45, 7) is 3.13. The minimum absolute atomic E-state index is 0.719. The molecule has 0 aromatic heterocycles. The van der Waals surface area contributed by atoms with Gasteiger partial charge in [-0.3, -0.25) is 0 Å². The quantitative estimate of drug-likeness (QED) is 0.879. The number of nitrogens with zero attached hydrogens (tertiary/aromatic N) is 1. The SMILES string of the molecule is C#CC(O)c1ccc(N2CCOCC2)c(-c2ccc(OC)cc2)c1. The zero-order valence-corrected chi connectivity index (χ0v) is 13.7. The number of rotatable bonds is 4. The number of aliphatic hydroxyl groups is 1. The summed E-state index contributed by atoms with van der Waals surface area (Å²) in [5.41, 5.74) is 3.95. The van der Waals surface area contributed by atoms with Gasteiger partial charge in [-0.25, -0.2) is 0 Å². The molecule has 0 radical (unpaired) electrons. The van der Waals surface area contributed by atoms with Crippen molar-refractivity contribution in [3.8, 4) is 29.2 Å². The molecule has 2 aromatic carbocycles. The van der Waals surface area contributed by atoms with Crippen LogP contribution < -0.4 is 9.64 Å². The molecular weight excluding hydrogens is 302 g/mol. The smallest absolute Gasteiger partial charge is 0.140 e. The summed E-state index contributed by atoms with van der Waals surface area (Å²) in [5.74, 6) is 3.19. The van der Waals surface area contributed by atoms with Crippen LogP contribution in [0.25, 0.3) is 11.1 Å². The molecule has 1 aliphatic heterocycles. The van der Waals surface area contributed by atoms with Crippen molar-refractivity contribution in [2.24, 2.45) is 0 Å². The number of ether oxygens (including phenoxy) is 2. The van der Waals surface area contributed by atoms with E-state index in [1.807, 2.05) is 42.5 Å². The van der Waals surface area contributed by atoms with Crippen molar-refractivity contribution >= 4 is 5.69 Å². The van der Waals surface area contributed by atoms with Crippen molar-refractivity contribution in [1.82, 2.24) is 0 Å². The van der Waals surface area contributed by atoms with Crippen LogP contribution in [0.15, 0.2) is 42.5 Å². The molecule has 1 heterocycles. The third-order valence-corrected chi connectivity index (χ3v) is 4.25. The minimum Gasteiger partial charge on any atom is -0.497 e. The number of hydrogen-bond donors (Lipinski definition) is 1. The fourth-order valence-electron chi connectivity index (χ4n) is 2.90. The van der Waals surface area contributed by atoms with Gasteiger partial charge in [0.2, 0.25) is 0 Å². The molecule has 1 unspecified atom stereocenters. The first-order chi connectivity index (χ1) is 11.7. The van der Waals surface area contributed by atoms with E-state index in [0.717, 1.165) is 54.4 Å². The van der Waals surface area contributed by atoms with Crippen molar-refractivity contribution in [3.05, 3.63) is 48.0 Å². The van der Waals surface area contributed by atoms with Gasteiger partial charge in [0.25, 0.3) is 0 Å². The number of aliphatic hydroxyl groups excluding tert-OH is 1. The molecule has 0 saturated carbocycles. The van der Waals surface area contributed by atoms with Crippen molar-refractivity contribution in [2.75, 3.05) is 38.3 Å². The van der Waals surface area contributed by atoms with Crippen LogP contribution in [0.5, 0.6) is 5.75 Å². The molecule has 1 fully saturated rings. The van der Waals surface area contributed by atoms with E-state index >= 15 is 0 Å². The van der Waals surface area contributed by atoms with Gasteiger partial charge in [-0.05, 0) is 35.4 Å². The number of benzene rings is 2. The Bertz CT molecular complexity index is 728. The second-order valence-corrected chi connectivity index (χ2v) is 5.67. The molecule has 24 heavy (non-hydrogen) atoms. The summed E-state index contributed by atoms with van der Waals surface area (Å²) >= 11 is 0. The highest BCUT2D eigenvalue weighted by molar-refractivity contribution is 5.80. The Morgan fingerprint density at radius 1 is 1.17 bits per heavy atom. The highest BCUT2D eigenvalue weighted by atomic mass is 16.5. The Labute approximate surface area is 142 Å². The van der Waals surface area contributed by atoms with E-state index in [9.17, 15) is 5.11 Å². The van der Waals surface area contributed by atoms with Crippen LogP contribution in [0.3, 0.4) is 0 Å². The van der Waals surface area contributed by atoms with Crippen molar-refractivity contribution in [3.63, 3.8) is 0 Å². The van der Waals surface area contributed by atoms with E-state index in [2.05, 4.69) is 10.8 Å². The molecule has 124 valence electrons. The first-order valence-electron chi connectivity index (χ1n) is 7.98. The molecule has 1 atom stereocenters. The second kappa shape index (κ2) is 7.39. The summed E-state index contributed by atoms with van der Waals surface area (Å²) in [7, 11) is 1.65. The second-order valence-electron chi connectivity index (χ2n) is 5.67. The first-order valence-corrected chi connectivity index (χ1v) is 7.98. The molecule has 4 heteroatoms. The summed E-state index contributed by atoms with van der Waals surface area (Å²) in [5, 5.41) is 9.99. The lowest BCUT2D eigenvalue weighted by Gasteiger charge is -2.31. The van der Waals surface area contributed by atoms with Gasteiger partial charge < -0.3 is 19.5 Å². The molecule has 1 aliphatic rings. The molecule has 1 saturated heterocycles. The van der Waals surface area contributed by atoms with Gasteiger partial charge in [-0.2, -0.15) is 0 Å². The Kier molecular flexibility index (Phi) is 5.05. The van der Waals surface area contributed by atoms with Crippen molar-refractivity contribution < 1.29 is 14.6 Å². The fraction of sp³-hybridized carbons (Fsp3) is 0.300. The zero-order valence-electron chi connectivity index (χ0n) is 13.7. The van der Waals surface area contributed by atoms with Gasteiger partial charge in [0.1, 0.15) is 11.9 Å². The molecule has 0 bridgehead atoms. The molecule has 4 nitrogen and oxygen atoms in total. The lowest BCUT2D eigenvalue weighted by Crippen LogP contribution is -2.36. The highest BCUT2D eigenvalue weighted by Gasteiger charge is 2.17. The zero-order chi connectivity index (χ0) is 16.9. The van der Waals surface area contributed by atoms with E-state index in [1.165, 1.54) is 0 Å². The largest absolute Gasteiger partial charge is 0.497 e. The summed E-state index contributed by atoms with van der Waals surface area (Å²) < 4.78 is 10.7. The van der Waals surface area contributed by atoms with Gasteiger partial charge in [0, 0.05) is 24.3 Å². The van der Waals surface area contributed by atoms with E-state index in [-0.39, 0.29) is 0 Å². The lowest BCUT2D eigenvalue weighted by atomic mass is 9.97. The summed E-state index contributed by atoms with van der Waals surface area (Å²) in [4.78, 5) is 2.30. The number of terminal acetylenes is 1. The standard InChI is InChI=1S/C20H21NO3/c1-3-20(22)16-6-9-19(21-10-12-24-13-11-21)18(14-16)15-4-7-17(23-2)8-5-15/h1,4-9,14,20,22H,10-13H2,2H3. The Hall–Kier alpha value is -2.48. The molecule has 2 aromatic rings. The molecule has 0 aliphatic carbocycles. The monoisotopic (exact) mass is 323 g/mol. The predicted molar refractivity (Wildman–Crippen MR) is 95.3 cm³/mol. The molecule has 0 spiro atoms. The van der Waals surface area contributed by atoms with E-state index < -0.39 is 6.10 Å². The Morgan fingerprint density at radius 3 is 2.50 bits per heavy atom. The Morgan fingerprint density at radius 2 is 1.88 bits per heavy atom. The third kappa shape index (κ3) is 3.38. The van der Waals surface area contributed by atoms with E-state index in [0.29, 0.717) is 0 Å². The average Bonchev–Trinajstić information content (AvgIpc) is 2.67. The molecule has 0 amide bonds. The maximum absolute atomic E-state index is 9.99. The normalized spacial score (nSPS) is 15.6. The lowest BCUT2D eigenvalue weighted by molar-refractivity contribution is 0.122. The maximum atomic E-state index is 9.99. The molecular formula is C20H21NO3. The predicted octanol–water partition coefficient (Wildman–Crippen LogP) is 2.87. The maximum Gasteiger partial charge on any atom is 0.140 e. The van der Waals surface area contributed by atoms with E-state index in [1.54, 1.807) is 7.11 Å². The third-order valence-electron chi connectivity index (χ3n) is 4.25. The van der Waals surface area contributed by atoms with Crippen molar-refractivity contribution in [2.45, 2.75) is 6.10 Å². The number of hydrogen-bond acceptors (Lipinski definition) is 4. The van der Waals surface area contributed by atoms with Gasteiger partial charge in [-0.1, -0.05) is 24.1 Å². The van der Waals surface area contributed by atoms with Crippen LogP contribution in [0.1, 0.15) is 11.7 Å². The highest BCUT2D eigenvalue weighted by Crippen LogP contribution is 2.34. The molecule has 1 N–H and O–H groups in total. The number of morpholine rings is 1. The van der Waals surface area contributed by atoms with Crippen molar-refractivity contribution in [1.29, 1.82) is 0 Å². The first kappa shape index (κ1) is 16.4. The number of anilines is 1. The van der Waals surface area contributed by atoms with Crippen LogP contribution in [0, 0.1) is 12.3 Å². The van der Waals surface area contributed by atoms with E-state index in [4.69, 9.17) is 15.9 Å². The summed E-state index contributed by atoms with van der Waals surface area (Å²) in [6, 6.07) is 13.8. The van der Waals surface area contributed by atoms with Gasteiger partial charge in [0.15, 0.2) is 0 Å². The average molecular weight is 323 g/mol. The van der Waals surface area contributed by atoms with Crippen LogP contribution in [0.2, 0.25) is 0 Å². The topological polar surface area (TPSA) is 41.9 Å². The van der Waals surface area contributed by atoms with Crippen LogP contribution in [-0.2, 0) is 4.74 Å². The van der Waals surface area contributed by atoms with Crippen LogP contribution >= 0.6 is 0 Å².